The summed E-state index contributed by atoms with van der Waals surface area (Å²) in [5, 5.41) is 4.25. The lowest BCUT2D eigenvalue weighted by atomic mass is 10.3. The lowest BCUT2D eigenvalue weighted by molar-refractivity contribution is 0.327. The van der Waals surface area contributed by atoms with Crippen molar-refractivity contribution in [3.05, 3.63) is 18.0 Å². The first-order valence-corrected chi connectivity index (χ1v) is 5.27. The van der Waals surface area contributed by atoms with E-state index in [1.165, 1.54) is 5.56 Å². The number of aryl methyl sites for hydroxylation is 1. The fourth-order valence-corrected chi connectivity index (χ4v) is 1.93. The molecule has 1 fully saturated rings. The summed E-state index contributed by atoms with van der Waals surface area (Å²) in [4.78, 5) is 2.39. The number of hydrogen-bond acceptors (Lipinski definition) is 3. The Kier molecular flexibility index (Phi) is 2.84. The molecule has 0 spiro atoms. The van der Waals surface area contributed by atoms with Crippen molar-refractivity contribution in [3.63, 3.8) is 0 Å². The Bertz CT molecular complexity index is 294. The van der Waals surface area contributed by atoms with Crippen molar-refractivity contribution in [2.24, 2.45) is 5.73 Å². The maximum absolute atomic E-state index is 5.85. The van der Waals surface area contributed by atoms with Crippen LogP contribution in [0.4, 0.5) is 0 Å². The molecule has 0 amide bonds. The van der Waals surface area contributed by atoms with Gasteiger partial charge in [-0.15, -0.1) is 0 Å². The Balaban J connectivity index is 1.90. The molecule has 1 aliphatic heterocycles. The molecule has 2 heterocycles. The fourth-order valence-electron chi connectivity index (χ4n) is 1.93. The molecular weight excluding hydrogens is 176 g/mol. The Labute approximate surface area is 84.7 Å². The molecule has 1 aromatic heterocycles. The van der Waals surface area contributed by atoms with E-state index in [0.29, 0.717) is 6.04 Å². The van der Waals surface area contributed by atoms with Gasteiger partial charge in [-0.2, -0.15) is 5.10 Å². The van der Waals surface area contributed by atoms with Gasteiger partial charge in [0, 0.05) is 44.0 Å². The van der Waals surface area contributed by atoms with E-state index in [1.54, 1.807) is 0 Å². The van der Waals surface area contributed by atoms with Crippen molar-refractivity contribution < 1.29 is 0 Å². The molecule has 4 heteroatoms. The Morgan fingerprint density at radius 2 is 2.50 bits per heavy atom. The first-order chi connectivity index (χ1) is 6.78. The summed E-state index contributed by atoms with van der Waals surface area (Å²) in [6, 6.07) is 0.372. The van der Waals surface area contributed by atoms with Gasteiger partial charge in [-0.1, -0.05) is 0 Å². The van der Waals surface area contributed by atoms with E-state index >= 15 is 0 Å². The van der Waals surface area contributed by atoms with Crippen LogP contribution in [-0.4, -0.2) is 33.8 Å². The zero-order valence-electron chi connectivity index (χ0n) is 8.69. The van der Waals surface area contributed by atoms with Crippen LogP contribution in [0.5, 0.6) is 0 Å². The summed E-state index contributed by atoms with van der Waals surface area (Å²) >= 11 is 0. The third-order valence-corrected chi connectivity index (χ3v) is 2.73. The third kappa shape index (κ3) is 2.13. The largest absolute Gasteiger partial charge is 0.326 e. The number of likely N-dealkylation sites (tertiary alicyclic amines) is 1. The summed E-state index contributed by atoms with van der Waals surface area (Å²) < 4.78 is 1.96. The second-order valence-electron chi connectivity index (χ2n) is 3.99. The van der Waals surface area contributed by atoms with Crippen molar-refractivity contribution in [1.29, 1.82) is 0 Å². The van der Waals surface area contributed by atoms with Crippen LogP contribution in [-0.2, 0) is 13.1 Å². The Morgan fingerprint density at radius 3 is 3.07 bits per heavy atom. The summed E-state index contributed by atoms with van der Waals surface area (Å²) in [5.41, 5.74) is 7.14. The highest BCUT2D eigenvalue weighted by Crippen LogP contribution is 2.11. The topological polar surface area (TPSA) is 47.1 Å². The minimum atomic E-state index is 0.372. The van der Waals surface area contributed by atoms with E-state index in [9.17, 15) is 0 Å². The van der Waals surface area contributed by atoms with E-state index in [-0.39, 0.29) is 0 Å². The molecule has 1 aromatic rings. The minimum absolute atomic E-state index is 0.372. The lowest BCUT2D eigenvalue weighted by Crippen LogP contribution is -2.26. The zero-order valence-corrected chi connectivity index (χ0v) is 8.69. The van der Waals surface area contributed by atoms with Gasteiger partial charge >= 0.3 is 0 Å². The van der Waals surface area contributed by atoms with Crippen molar-refractivity contribution in [3.8, 4) is 0 Å². The van der Waals surface area contributed by atoms with Crippen LogP contribution in [0.3, 0.4) is 0 Å². The van der Waals surface area contributed by atoms with Gasteiger partial charge in [-0.3, -0.25) is 9.58 Å². The monoisotopic (exact) mass is 194 g/mol. The van der Waals surface area contributed by atoms with Crippen LogP contribution in [0.1, 0.15) is 18.9 Å². The average Bonchev–Trinajstić information content (AvgIpc) is 2.76. The molecule has 1 atom stereocenters. The highest BCUT2D eigenvalue weighted by molar-refractivity contribution is 5.04. The average molecular weight is 194 g/mol. The van der Waals surface area contributed by atoms with Crippen LogP contribution in [0.25, 0.3) is 0 Å². The van der Waals surface area contributed by atoms with Gasteiger partial charge in [0.25, 0.3) is 0 Å². The molecule has 1 saturated heterocycles. The van der Waals surface area contributed by atoms with Crippen molar-refractivity contribution in [2.45, 2.75) is 32.5 Å². The van der Waals surface area contributed by atoms with Gasteiger partial charge in [0.1, 0.15) is 0 Å². The molecular formula is C10H18N4. The molecule has 0 bridgehead atoms. The normalized spacial score (nSPS) is 23.1. The lowest BCUT2D eigenvalue weighted by Gasteiger charge is -2.12. The number of hydrogen-bond donors (Lipinski definition) is 1. The molecule has 2 rings (SSSR count). The van der Waals surface area contributed by atoms with Crippen LogP contribution >= 0.6 is 0 Å². The smallest absolute Gasteiger partial charge is 0.0534 e. The second kappa shape index (κ2) is 4.11. The number of rotatable bonds is 3. The van der Waals surface area contributed by atoms with Crippen LogP contribution < -0.4 is 5.73 Å². The van der Waals surface area contributed by atoms with Gasteiger partial charge < -0.3 is 5.73 Å². The Hall–Kier alpha value is -0.870. The molecule has 78 valence electrons. The summed E-state index contributed by atoms with van der Waals surface area (Å²) in [7, 11) is 0. The van der Waals surface area contributed by atoms with Crippen molar-refractivity contribution >= 4 is 0 Å². The molecule has 0 aliphatic carbocycles. The highest BCUT2D eigenvalue weighted by atomic mass is 15.3. The number of nitrogens with two attached hydrogens (primary N) is 1. The van der Waals surface area contributed by atoms with Gasteiger partial charge in [0.05, 0.1) is 6.20 Å². The maximum atomic E-state index is 5.85. The number of nitrogens with zero attached hydrogens (tertiary/aromatic N) is 3. The molecule has 14 heavy (non-hydrogen) atoms. The fraction of sp³-hybridized carbons (Fsp3) is 0.700. The standard InChI is InChI=1S/C10H18N4/c1-2-14-7-9(5-12-14)6-13-4-3-10(11)8-13/h5,7,10H,2-4,6,8,11H2,1H3/t10-/m1/s1. The highest BCUT2D eigenvalue weighted by Gasteiger charge is 2.19. The van der Waals surface area contributed by atoms with Crippen molar-refractivity contribution in [2.75, 3.05) is 13.1 Å². The molecule has 0 aromatic carbocycles. The first kappa shape index (κ1) is 9.68. The van der Waals surface area contributed by atoms with Crippen LogP contribution in [0.15, 0.2) is 12.4 Å². The molecule has 0 unspecified atom stereocenters. The van der Waals surface area contributed by atoms with E-state index < -0.39 is 0 Å². The predicted octanol–water partition coefficient (Wildman–Crippen LogP) is 0.436. The SMILES string of the molecule is CCn1cc(CN2CC[C@@H](N)C2)cn1. The van der Waals surface area contributed by atoms with E-state index in [2.05, 4.69) is 23.1 Å². The Morgan fingerprint density at radius 1 is 1.64 bits per heavy atom. The molecule has 2 N–H and O–H groups in total. The summed E-state index contributed by atoms with van der Waals surface area (Å²) in [5.74, 6) is 0. The predicted molar refractivity (Wildman–Crippen MR) is 55.8 cm³/mol. The molecule has 1 aliphatic rings. The van der Waals surface area contributed by atoms with E-state index in [4.69, 9.17) is 5.73 Å². The molecule has 0 radical (unpaired) electrons. The summed E-state index contributed by atoms with van der Waals surface area (Å²) in [6.45, 7) is 6.19. The second-order valence-corrected chi connectivity index (χ2v) is 3.99. The zero-order chi connectivity index (χ0) is 9.97. The van der Waals surface area contributed by atoms with Gasteiger partial charge in [0.15, 0.2) is 0 Å². The van der Waals surface area contributed by atoms with Gasteiger partial charge in [-0.05, 0) is 13.3 Å². The molecule has 4 nitrogen and oxygen atoms in total. The maximum Gasteiger partial charge on any atom is 0.0534 e. The van der Waals surface area contributed by atoms with Crippen molar-refractivity contribution in [1.82, 2.24) is 14.7 Å². The third-order valence-electron chi connectivity index (χ3n) is 2.73. The quantitative estimate of drug-likeness (QED) is 0.759. The number of aromatic nitrogens is 2. The van der Waals surface area contributed by atoms with Gasteiger partial charge in [0.2, 0.25) is 0 Å². The minimum Gasteiger partial charge on any atom is -0.326 e. The van der Waals surface area contributed by atoms with Crippen LogP contribution in [0.2, 0.25) is 0 Å². The summed E-state index contributed by atoms with van der Waals surface area (Å²) in [6.07, 6.45) is 5.19. The van der Waals surface area contributed by atoms with E-state index in [1.807, 2.05) is 10.9 Å². The first-order valence-electron chi connectivity index (χ1n) is 5.27. The molecule has 0 saturated carbocycles. The van der Waals surface area contributed by atoms with E-state index in [0.717, 1.165) is 32.6 Å². The van der Waals surface area contributed by atoms with Crippen LogP contribution in [0, 0.1) is 0 Å². The van der Waals surface area contributed by atoms with Gasteiger partial charge in [-0.25, -0.2) is 0 Å².